The van der Waals surface area contributed by atoms with Crippen LogP contribution in [0.3, 0.4) is 0 Å². The Morgan fingerprint density at radius 3 is 2.47 bits per heavy atom. The molecule has 2 N–H and O–H groups in total. The van der Waals surface area contributed by atoms with Gasteiger partial charge in [-0.25, -0.2) is 8.42 Å². The van der Waals surface area contributed by atoms with Gasteiger partial charge in [-0.15, -0.1) is 0 Å². The molecule has 0 aliphatic carbocycles. The van der Waals surface area contributed by atoms with E-state index < -0.39 is 15.6 Å². The molecule has 0 bridgehead atoms. The molecule has 7 heteroatoms. The van der Waals surface area contributed by atoms with Gasteiger partial charge >= 0.3 is 5.76 Å². The van der Waals surface area contributed by atoms with E-state index in [-0.39, 0.29) is 10.9 Å². The second-order valence-corrected chi connectivity index (χ2v) is 6.44. The molecule has 1 aromatic carbocycles. The number of anilines is 1. The van der Waals surface area contributed by atoms with Crippen molar-refractivity contribution < 1.29 is 17.2 Å². The van der Waals surface area contributed by atoms with E-state index in [4.69, 9.17) is 0 Å². The van der Waals surface area contributed by atoms with Gasteiger partial charge in [0, 0.05) is 18.3 Å². The van der Waals surface area contributed by atoms with Gasteiger partial charge in [0.1, 0.15) is 0 Å². The van der Waals surface area contributed by atoms with Gasteiger partial charge in [-0.1, -0.05) is 0 Å². The molecule has 1 aliphatic rings. The van der Waals surface area contributed by atoms with E-state index in [0.29, 0.717) is 0 Å². The van der Waals surface area contributed by atoms with Gasteiger partial charge in [-0.3, -0.25) is 0 Å². The van der Waals surface area contributed by atoms with Gasteiger partial charge in [0.25, 0.3) is 0 Å². The number of piperidine rings is 1. The summed E-state index contributed by atoms with van der Waals surface area (Å²) in [6.07, 6.45) is 2.11. The summed E-state index contributed by atoms with van der Waals surface area (Å²) in [7, 11) is -4.50. The molecule has 1 fully saturated rings. The first-order valence-corrected chi connectivity index (χ1v) is 7.64. The van der Waals surface area contributed by atoms with E-state index in [1.54, 1.807) is 0 Å². The number of sulfone groups is 1. The summed E-state index contributed by atoms with van der Waals surface area (Å²) in [5.74, 6) is -3.38. The molecule has 1 aromatic rings. The summed E-state index contributed by atoms with van der Waals surface area (Å²) in [6, 6.07) is 5.74. The fraction of sp³-hybridized carbons (Fsp3) is 0.500. The number of nitrogens with one attached hydrogen (secondary N) is 2. The van der Waals surface area contributed by atoms with Gasteiger partial charge in [0.15, 0.2) is 0 Å². The molecular weight excluding hydrogens is 274 g/mol. The maximum atomic E-state index is 12.4. The first-order valence-electron chi connectivity index (χ1n) is 6.09. The number of alkyl halides is 2. The maximum Gasteiger partial charge on any atom is 0.341 e. The SMILES string of the molecule is O=S(=O)(c1ccc(NC2CCCNC2)cc1)C(F)F. The lowest BCUT2D eigenvalue weighted by atomic mass is 10.1. The smallest absolute Gasteiger partial charge is 0.341 e. The normalized spacial score (nSPS) is 20.5. The van der Waals surface area contributed by atoms with Gasteiger partial charge in [0.2, 0.25) is 9.84 Å². The van der Waals surface area contributed by atoms with Gasteiger partial charge in [-0.05, 0) is 43.7 Å². The molecule has 0 spiro atoms. The van der Waals surface area contributed by atoms with Gasteiger partial charge in [0.05, 0.1) is 4.90 Å². The third-order valence-electron chi connectivity index (χ3n) is 3.09. The van der Waals surface area contributed by atoms with Crippen molar-refractivity contribution in [2.45, 2.75) is 29.5 Å². The minimum absolute atomic E-state index is 0.284. The van der Waals surface area contributed by atoms with Crippen LogP contribution in [0.4, 0.5) is 14.5 Å². The van der Waals surface area contributed by atoms with Crippen molar-refractivity contribution in [2.75, 3.05) is 18.4 Å². The van der Waals surface area contributed by atoms with Crippen LogP contribution in [-0.2, 0) is 9.84 Å². The van der Waals surface area contributed by atoms with Crippen LogP contribution < -0.4 is 10.6 Å². The lowest BCUT2D eigenvalue weighted by Gasteiger charge is -2.24. The monoisotopic (exact) mass is 290 g/mol. The molecule has 0 aromatic heterocycles. The molecule has 1 unspecified atom stereocenters. The minimum atomic E-state index is -4.50. The first kappa shape index (κ1) is 14.2. The summed E-state index contributed by atoms with van der Waals surface area (Å²) in [4.78, 5) is -0.352. The summed E-state index contributed by atoms with van der Waals surface area (Å²) >= 11 is 0. The molecule has 0 radical (unpaired) electrons. The van der Waals surface area contributed by atoms with E-state index in [1.807, 2.05) is 0 Å². The van der Waals surface area contributed by atoms with Crippen molar-refractivity contribution >= 4 is 15.5 Å². The summed E-state index contributed by atoms with van der Waals surface area (Å²) in [5.41, 5.74) is 0.738. The van der Waals surface area contributed by atoms with Crippen molar-refractivity contribution in [3.05, 3.63) is 24.3 Å². The second kappa shape index (κ2) is 5.83. The van der Waals surface area contributed by atoms with E-state index in [1.165, 1.54) is 24.3 Å². The average molecular weight is 290 g/mol. The molecular formula is C12H16F2N2O2S. The Morgan fingerprint density at radius 2 is 1.95 bits per heavy atom. The highest BCUT2D eigenvalue weighted by Crippen LogP contribution is 2.21. The Hall–Kier alpha value is -1.21. The minimum Gasteiger partial charge on any atom is -0.381 e. The van der Waals surface area contributed by atoms with E-state index >= 15 is 0 Å². The van der Waals surface area contributed by atoms with Gasteiger partial charge < -0.3 is 10.6 Å². The molecule has 1 saturated heterocycles. The quantitative estimate of drug-likeness (QED) is 0.888. The fourth-order valence-electron chi connectivity index (χ4n) is 2.05. The third-order valence-corrected chi connectivity index (χ3v) is 4.48. The van der Waals surface area contributed by atoms with Crippen molar-refractivity contribution in [3.63, 3.8) is 0 Å². The third kappa shape index (κ3) is 3.42. The molecule has 1 heterocycles. The zero-order chi connectivity index (χ0) is 13.9. The molecule has 1 atom stereocenters. The Kier molecular flexibility index (Phi) is 4.36. The van der Waals surface area contributed by atoms with Crippen LogP contribution in [0, 0.1) is 0 Å². The van der Waals surface area contributed by atoms with Crippen LogP contribution in [0.1, 0.15) is 12.8 Å². The molecule has 106 valence electrons. The van der Waals surface area contributed by atoms with Crippen LogP contribution >= 0.6 is 0 Å². The molecule has 4 nitrogen and oxygen atoms in total. The van der Waals surface area contributed by atoms with Crippen molar-refractivity contribution in [3.8, 4) is 0 Å². The predicted octanol–water partition coefficient (Wildman–Crippen LogP) is 1.85. The van der Waals surface area contributed by atoms with Crippen molar-refractivity contribution in [1.82, 2.24) is 5.32 Å². The van der Waals surface area contributed by atoms with E-state index in [9.17, 15) is 17.2 Å². The molecule has 1 aliphatic heterocycles. The number of benzene rings is 1. The van der Waals surface area contributed by atoms with Crippen LogP contribution in [0.2, 0.25) is 0 Å². The van der Waals surface area contributed by atoms with Crippen LogP contribution in [0.5, 0.6) is 0 Å². The highest BCUT2D eigenvalue weighted by molar-refractivity contribution is 7.91. The van der Waals surface area contributed by atoms with Crippen LogP contribution in [0.25, 0.3) is 0 Å². The standard InChI is InChI=1S/C12H16F2N2O2S/c13-12(14)19(17,18)11-5-3-9(4-6-11)16-10-2-1-7-15-8-10/h3-6,10,12,15-16H,1-2,7-8H2. The topological polar surface area (TPSA) is 58.2 Å². The molecule has 0 saturated carbocycles. The molecule has 19 heavy (non-hydrogen) atoms. The van der Waals surface area contributed by atoms with Crippen LogP contribution in [0.15, 0.2) is 29.2 Å². The first-order chi connectivity index (χ1) is 9.00. The second-order valence-electron chi connectivity index (χ2n) is 4.52. The highest BCUT2D eigenvalue weighted by Gasteiger charge is 2.26. The molecule has 2 rings (SSSR count). The zero-order valence-corrected chi connectivity index (χ0v) is 11.1. The number of hydrogen-bond donors (Lipinski definition) is 2. The number of rotatable bonds is 4. The maximum absolute atomic E-state index is 12.4. The highest BCUT2D eigenvalue weighted by atomic mass is 32.2. The van der Waals surface area contributed by atoms with E-state index in [0.717, 1.165) is 31.6 Å². The largest absolute Gasteiger partial charge is 0.381 e. The Balaban J connectivity index is 2.06. The van der Waals surface area contributed by atoms with Gasteiger partial charge in [-0.2, -0.15) is 8.78 Å². The van der Waals surface area contributed by atoms with Crippen LogP contribution in [-0.4, -0.2) is 33.3 Å². The summed E-state index contributed by atoms with van der Waals surface area (Å²) in [6.45, 7) is 1.85. The van der Waals surface area contributed by atoms with E-state index in [2.05, 4.69) is 10.6 Å². The summed E-state index contributed by atoms with van der Waals surface area (Å²) < 4.78 is 47.2. The van der Waals surface area contributed by atoms with Crippen molar-refractivity contribution in [1.29, 1.82) is 0 Å². The predicted molar refractivity (Wildman–Crippen MR) is 69.1 cm³/mol. The number of hydrogen-bond acceptors (Lipinski definition) is 4. The molecule has 0 amide bonds. The Morgan fingerprint density at radius 1 is 1.26 bits per heavy atom. The Bertz CT molecular complexity index is 511. The van der Waals surface area contributed by atoms with Crippen molar-refractivity contribution in [2.24, 2.45) is 0 Å². The lowest BCUT2D eigenvalue weighted by Crippen LogP contribution is -2.38. The Labute approximate surface area is 111 Å². The summed E-state index contributed by atoms with van der Waals surface area (Å²) in [5, 5.41) is 6.49. The number of halogens is 2. The average Bonchev–Trinajstić information content (AvgIpc) is 2.40. The zero-order valence-electron chi connectivity index (χ0n) is 10.3. The lowest BCUT2D eigenvalue weighted by molar-refractivity contribution is 0.234. The fourth-order valence-corrected chi connectivity index (χ4v) is 2.78.